The van der Waals surface area contributed by atoms with E-state index in [4.69, 9.17) is 4.74 Å². The molecule has 1 aliphatic rings. The van der Waals surface area contributed by atoms with Gasteiger partial charge in [0.1, 0.15) is 0 Å². The average molecular weight is 326 g/mol. The lowest BCUT2D eigenvalue weighted by Crippen LogP contribution is -2.26. The molecule has 0 aliphatic heterocycles. The van der Waals surface area contributed by atoms with Crippen LogP contribution in [-0.4, -0.2) is 29.7 Å². The number of rotatable bonds is 7. The molecule has 1 heterocycles. The molecular weight excluding hydrogens is 300 g/mol. The lowest BCUT2D eigenvalue weighted by molar-refractivity contribution is 0.0273. The van der Waals surface area contributed by atoms with Crippen molar-refractivity contribution in [3.63, 3.8) is 0 Å². The molecule has 3 rings (SSSR count). The summed E-state index contributed by atoms with van der Waals surface area (Å²) in [4.78, 5) is 12.1. The minimum atomic E-state index is -0.0216. The maximum atomic E-state index is 12.1. The predicted octanol–water partition coefficient (Wildman–Crippen LogP) is 3.95. The Balaban J connectivity index is 1.37. The van der Waals surface area contributed by atoms with Gasteiger partial charge in [-0.25, -0.2) is 0 Å². The van der Waals surface area contributed by atoms with Crippen molar-refractivity contribution in [3.8, 4) is 5.69 Å². The summed E-state index contributed by atoms with van der Waals surface area (Å²) in [6.45, 7) is 1.39. The first kappa shape index (κ1) is 16.8. The molecule has 1 fully saturated rings. The van der Waals surface area contributed by atoms with Gasteiger partial charge >= 0.3 is 0 Å². The quantitative estimate of drug-likeness (QED) is 0.783. The zero-order valence-corrected chi connectivity index (χ0v) is 14.1. The van der Waals surface area contributed by atoms with E-state index in [1.807, 2.05) is 53.4 Å². The van der Waals surface area contributed by atoms with E-state index < -0.39 is 0 Å². The van der Waals surface area contributed by atoms with Crippen LogP contribution in [0.15, 0.2) is 48.8 Å². The van der Waals surface area contributed by atoms with Crippen LogP contribution in [0.5, 0.6) is 0 Å². The fourth-order valence-corrected chi connectivity index (χ4v) is 3.15. The second kappa shape index (κ2) is 8.69. The first-order chi connectivity index (χ1) is 11.8. The fraction of sp³-hybridized carbons (Fsp3) is 0.450. The van der Waals surface area contributed by atoms with E-state index in [1.165, 1.54) is 32.1 Å². The van der Waals surface area contributed by atoms with Gasteiger partial charge in [-0.05, 0) is 55.7 Å². The molecule has 1 aromatic heterocycles. The number of carbonyl (C=O) groups excluding carboxylic acids is 1. The van der Waals surface area contributed by atoms with E-state index in [0.29, 0.717) is 18.2 Å². The molecule has 1 aromatic carbocycles. The van der Waals surface area contributed by atoms with Gasteiger partial charge in [0.2, 0.25) is 0 Å². The summed E-state index contributed by atoms with van der Waals surface area (Å²) < 4.78 is 7.89. The Labute approximate surface area is 143 Å². The van der Waals surface area contributed by atoms with Crippen LogP contribution in [0.4, 0.5) is 0 Å². The van der Waals surface area contributed by atoms with E-state index in [-0.39, 0.29) is 5.91 Å². The van der Waals surface area contributed by atoms with Crippen LogP contribution in [0.1, 0.15) is 48.9 Å². The first-order valence-corrected chi connectivity index (χ1v) is 8.96. The Bertz CT molecular complexity index is 614. The largest absolute Gasteiger partial charge is 0.378 e. The van der Waals surface area contributed by atoms with Gasteiger partial charge in [0.05, 0.1) is 6.10 Å². The average Bonchev–Trinajstić information content (AvgIpc) is 3.17. The van der Waals surface area contributed by atoms with Gasteiger partial charge in [0, 0.05) is 36.8 Å². The van der Waals surface area contributed by atoms with Crippen molar-refractivity contribution in [2.24, 2.45) is 0 Å². The second-order valence-corrected chi connectivity index (χ2v) is 6.38. The normalized spacial score (nSPS) is 15.3. The molecule has 0 atom stereocenters. The van der Waals surface area contributed by atoms with E-state index in [9.17, 15) is 4.79 Å². The standard InChI is InChI=1S/C20H26N2O2/c23-20(21-13-6-16-24-19-7-2-1-3-8-19)17-9-11-18(12-10-17)22-14-4-5-15-22/h4-5,9-12,14-15,19H,1-3,6-8,13,16H2,(H,21,23). The molecule has 2 aromatic rings. The monoisotopic (exact) mass is 326 g/mol. The molecule has 24 heavy (non-hydrogen) atoms. The van der Waals surface area contributed by atoms with Gasteiger partial charge in [0.15, 0.2) is 0 Å². The third kappa shape index (κ3) is 4.71. The maximum Gasteiger partial charge on any atom is 0.251 e. The molecule has 0 saturated heterocycles. The Hall–Kier alpha value is -2.07. The number of benzene rings is 1. The number of amides is 1. The van der Waals surface area contributed by atoms with Crippen molar-refractivity contribution < 1.29 is 9.53 Å². The van der Waals surface area contributed by atoms with Gasteiger partial charge in [-0.2, -0.15) is 0 Å². The van der Waals surface area contributed by atoms with Crippen LogP contribution in [0.3, 0.4) is 0 Å². The van der Waals surface area contributed by atoms with Crippen molar-refractivity contribution in [1.82, 2.24) is 9.88 Å². The molecule has 1 aliphatic carbocycles. The molecule has 0 spiro atoms. The predicted molar refractivity (Wildman–Crippen MR) is 95.5 cm³/mol. The lowest BCUT2D eigenvalue weighted by Gasteiger charge is -2.21. The summed E-state index contributed by atoms with van der Waals surface area (Å²) in [5.74, 6) is -0.0216. The molecule has 0 bridgehead atoms. The third-order valence-electron chi connectivity index (χ3n) is 4.54. The number of hydrogen-bond donors (Lipinski definition) is 1. The minimum absolute atomic E-state index is 0.0216. The summed E-state index contributed by atoms with van der Waals surface area (Å²) in [6.07, 6.45) is 11.6. The number of carbonyl (C=O) groups is 1. The van der Waals surface area contributed by atoms with Crippen LogP contribution in [0, 0.1) is 0 Å². The van der Waals surface area contributed by atoms with Gasteiger partial charge in [-0.15, -0.1) is 0 Å². The minimum Gasteiger partial charge on any atom is -0.378 e. The summed E-state index contributed by atoms with van der Waals surface area (Å²) in [5, 5.41) is 2.97. The molecule has 4 heteroatoms. The second-order valence-electron chi connectivity index (χ2n) is 6.38. The smallest absolute Gasteiger partial charge is 0.251 e. The van der Waals surface area contributed by atoms with Crippen LogP contribution < -0.4 is 5.32 Å². The summed E-state index contributed by atoms with van der Waals surface area (Å²) in [7, 11) is 0. The van der Waals surface area contributed by atoms with Crippen LogP contribution in [-0.2, 0) is 4.74 Å². The summed E-state index contributed by atoms with van der Waals surface area (Å²) in [6, 6.07) is 11.6. The van der Waals surface area contributed by atoms with E-state index >= 15 is 0 Å². The van der Waals surface area contributed by atoms with Crippen LogP contribution in [0.2, 0.25) is 0 Å². The first-order valence-electron chi connectivity index (χ1n) is 8.96. The van der Waals surface area contributed by atoms with Gasteiger partial charge < -0.3 is 14.6 Å². The highest BCUT2D eigenvalue weighted by atomic mass is 16.5. The van der Waals surface area contributed by atoms with Crippen LogP contribution in [0.25, 0.3) is 5.69 Å². The molecule has 1 N–H and O–H groups in total. The van der Waals surface area contributed by atoms with Crippen molar-refractivity contribution in [1.29, 1.82) is 0 Å². The van der Waals surface area contributed by atoms with E-state index in [0.717, 1.165) is 18.7 Å². The van der Waals surface area contributed by atoms with Gasteiger partial charge in [-0.1, -0.05) is 19.3 Å². The topological polar surface area (TPSA) is 43.3 Å². The van der Waals surface area contributed by atoms with Gasteiger partial charge in [-0.3, -0.25) is 4.79 Å². The number of aromatic nitrogens is 1. The summed E-state index contributed by atoms with van der Waals surface area (Å²) >= 11 is 0. The Morgan fingerprint density at radius 3 is 2.50 bits per heavy atom. The third-order valence-corrected chi connectivity index (χ3v) is 4.54. The molecule has 4 nitrogen and oxygen atoms in total. The highest BCUT2D eigenvalue weighted by Gasteiger charge is 2.13. The molecule has 128 valence electrons. The number of ether oxygens (including phenoxy) is 1. The number of nitrogens with one attached hydrogen (secondary N) is 1. The highest BCUT2D eigenvalue weighted by Crippen LogP contribution is 2.20. The number of nitrogens with zero attached hydrogens (tertiary/aromatic N) is 1. The highest BCUT2D eigenvalue weighted by molar-refractivity contribution is 5.94. The zero-order valence-electron chi connectivity index (χ0n) is 14.1. The Kier molecular flexibility index (Phi) is 6.07. The summed E-state index contributed by atoms with van der Waals surface area (Å²) in [5.41, 5.74) is 1.75. The SMILES string of the molecule is O=C(NCCCOC1CCCCC1)c1ccc(-n2cccc2)cc1. The van der Waals surface area contributed by atoms with E-state index in [2.05, 4.69) is 5.32 Å². The Morgan fingerprint density at radius 2 is 1.79 bits per heavy atom. The Morgan fingerprint density at radius 1 is 1.08 bits per heavy atom. The molecule has 0 unspecified atom stereocenters. The van der Waals surface area contributed by atoms with Crippen molar-refractivity contribution in [3.05, 3.63) is 54.4 Å². The van der Waals surface area contributed by atoms with E-state index in [1.54, 1.807) is 0 Å². The van der Waals surface area contributed by atoms with Crippen molar-refractivity contribution in [2.45, 2.75) is 44.6 Å². The maximum absolute atomic E-state index is 12.1. The fourth-order valence-electron chi connectivity index (χ4n) is 3.15. The number of hydrogen-bond acceptors (Lipinski definition) is 2. The van der Waals surface area contributed by atoms with Gasteiger partial charge in [0.25, 0.3) is 5.91 Å². The van der Waals surface area contributed by atoms with Crippen molar-refractivity contribution >= 4 is 5.91 Å². The lowest BCUT2D eigenvalue weighted by atomic mass is 9.98. The molecular formula is C20H26N2O2. The molecule has 1 amide bonds. The van der Waals surface area contributed by atoms with Crippen molar-refractivity contribution in [2.75, 3.05) is 13.2 Å². The van der Waals surface area contributed by atoms with Crippen LogP contribution >= 0.6 is 0 Å². The molecule has 1 saturated carbocycles. The zero-order chi connectivity index (χ0) is 16.6. The molecule has 0 radical (unpaired) electrons.